The largest absolute Gasteiger partial charge is 0.443 e. The number of anilines is 2. The number of H-pyrrole nitrogens is 1. The van der Waals surface area contributed by atoms with Crippen molar-refractivity contribution in [1.29, 1.82) is 0 Å². The van der Waals surface area contributed by atoms with Gasteiger partial charge < -0.3 is 28.7 Å². The summed E-state index contributed by atoms with van der Waals surface area (Å²) in [7, 11) is -10.1. The summed E-state index contributed by atoms with van der Waals surface area (Å²) in [6, 6.07) is 26.2. The second-order valence-electron chi connectivity index (χ2n) is 18.5. The number of primary sulfonamides is 1. The molecule has 6 aromatic heterocycles. The summed E-state index contributed by atoms with van der Waals surface area (Å²) in [6.45, 7) is 10.9. The van der Waals surface area contributed by atoms with E-state index in [9.17, 15) is 34.8 Å². The predicted octanol–water partition coefficient (Wildman–Crippen LogP) is 9.06. The van der Waals surface area contributed by atoms with Gasteiger partial charge in [-0.05, 0) is 126 Å². The summed E-state index contributed by atoms with van der Waals surface area (Å²) < 4.78 is 98.7. The van der Waals surface area contributed by atoms with Crippen LogP contribution in [0.5, 0.6) is 34.9 Å². The van der Waals surface area contributed by atoms with Gasteiger partial charge >= 0.3 is 12.2 Å². The highest BCUT2D eigenvalue weighted by Gasteiger charge is 2.21. The number of hydrogen-bond acceptors (Lipinski definition) is 19. The molecule has 0 unspecified atom stereocenters. The Kier molecular flexibility index (Phi) is 18.3. The summed E-state index contributed by atoms with van der Waals surface area (Å²) >= 11 is 5.74. The Labute approximate surface area is 453 Å². The minimum atomic E-state index is -3.49. The number of sulfonamides is 3. The Morgan fingerprint density at radius 3 is 1.33 bits per heavy atom. The number of hydrogen-bond donors (Lipinski definition) is 4. The predicted molar refractivity (Wildman–Crippen MR) is 293 cm³/mol. The first-order valence-electron chi connectivity index (χ1n) is 22.7. The van der Waals surface area contributed by atoms with Crippen LogP contribution in [0.4, 0.5) is 21.5 Å². The molecule has 9 rings (SSSR count). The molecular formula is C49H53ClN12O13S3. The summed E-state index contributed by atoms with van der Waals surface area (Å²) in [5.74, 6) is 2.32. The number of carbonyl (C=O) groups excluding carboxylic acids is 2. The van der Waals surface area contributed by atoms with Gasteiger partial charge in [-0.25, -0.2) is 54.9 Å². The van der Waals surface area contributed by atoms with Gasteiger partial charge in [0.1, 0.15) is 28.5 Å². The lowest BCUT2D eigenvalue weighted by atomic mass is 10.2. The fourth-order valence-electron chi connectivity index (χ4n) is 6.37. The third-order valence-electron chi connectivity index (χ3n) is 9.11. The maximum absolute atomic E-state index is 12.3. The lowest BCUT2D eigenvalue weighted by Gasteiger charge is -2.19. The highest BCUT2D eigenvalue weighted by molar-refractivity contribution is 7.92. The van der Waals surface area contributed by atoms with Gasteiger partial charge in [0.05, 0.1) is 29.8 Å². The third kappa shape index (κ3) is 19.3. The standard InChI is InChI=1S/C18H20N4O5S.C17H16ClN3O3.C13H12N4O3S.CH5NO2S/c1-18(2,3)27-17(23)22-10-8-12-11-13(5-6-14(12)22)26-15-7-9-19-16(20-15)21-28(4,24)25;1-17(2,3)24-16(22)21-9-7-11-10-12(4-5-13(11)21)23-14-6-8-19-15(18)20-14;1-21(18,19)17-13-15-7-5-12(16-13)20-10-2-3-11-9(8-10)4-6-14-11;1-5(2,3)4/h5-11H,1-4H3,(H,19,20,21);4-10H,1-3H3;2-8,14H,1H3,(H,15,16,17);1H3,(H2,2,3,4). The van der Waals surface area contributed by atoms with Crippen molar-refractivity contribution in [2.75, 3.05) is 28.2 Å². The molecule has 3 aromatic carbocycles. The van der Waals surface area contributed by atoms with E-state index < -0.39 is 53.5 Å². The average Bonchev–Trinajstić information content (AvgIpc) is 4.08. The highest BCUT2D eigenvalue weighted by Crippen LogP contribution is 2.29. The van der Waals surface area contributed by atoms with Crippen molar-refractivity contribution in [3.8, 4) is 34.9 Å². The normalized spacial score (nSPS) is 11.7. The molecule has 0 aliphatic heterocycles. The Bertz CT molecular complexity index is 3940. The van der Waals surface area contributed by atoms with Crippen LogP contribution < -0.4 is 28.8 Å². The van der Waals surface area contributed by atoms with Crippen LogP contribution in [0, 0.1) is 0 Å². The molecule has 6 heterocycles. The van der Waals surface area contributed by atoms with E-state index in [1.54, 1.807) is 87.8 Å². The van der Waals surface area contributed by atoms with E-state index in [-0.39, 0.29) is 28.9 Å². The van der Waals surface area contributed by atoms with Gasteiger partial charge in [-0.2, -0.15) is 15.0 Å². The zero-order valence-electron chi connectivity index (χ0n) is 43.2. The van der Waals surface area contributed by atoms with Crippen LogP contribution in [0.3, 0.4) is 0 Å². The molecular weight excluding hydrogens is 1100 g/mol. The number of halogens is 1. The second kappa shape index (κ2) is 24.3. The molecule has 412 valence electrons. The molecule has 5 N–H and O–H groups in total. The third-order valence-corrected chi connectivity index (χ3v) is 10.4. The van der Waals surface area contributed by atoms with Gasteiger partial charge in [0.25, 0.3) is 0 Å². The average molecular weight is 1150 g/mol. The van der Waals surface area contributed by atoms with E-state index in [4.69, 9.17) is 35.3 Å². The minimum absolute atomic E-state index is 0.0299. The van der Waals surface area contributed by atoms with E-state index in [1.165, 1.54) is 33.8 Å². The van der Waals surface area contributed by atoms with E-state index in [1.807, 2.05) is 57.3 Å². The number of aromatic nitrogens is 9. The van der Waals surface area contributed by atoms with Gasteiger partial charge in [-0.3, -0.25) is 18.6 Å². The number of carbonyl (C=O) groups is 2. The van der Waals surface area contributed by atoms with Crippen molar-refractivity contribution >= 4 is 98.5 Å². The number of benzene rings is 3. The second-order valence-corrected chi connectivity index (χ2v) is 24.0. The van der Waals surface area contributed by atoms with Crippen LogP contribution in [0.25, 0.3) is 32.7 Å². The van der Waals surface area contributed by atoms with E-state index in [2.05, 4.69) is 49.5 Å². The first-order chi connectivity index (χ1) is 36.3. The number of nitrogens with zero attached hydrogens (tertiary/aromatic N) is 8. The number of nitrogens with one attached hydrogen (secondary N) is 3. The van der Waals surface area contributed by atoms with Crippen LogP contribution in [-0.2, 0) is 39.5 Å². The quantitative estimate of drug-likeness (QED) is 0.0927. The van der Waals surface area contributed by atoms with Gasteiger partial charge in [0.15, 0.2) is 0 Å². The zero-order valence-corrected chi connectivity index (χ0v) is 46.4. The van der Waals surface area contributed by atoms with Gasteiger partial charge in [0, 0.05) is 77.1 Å². The molecule has 0 spiro atoms. The number of ether oxygens (including phenoxy) is 5. The molecule has 0 saturated carbocycles. The van der Waals surface area contributed by atoms with Crippen molar-refractivity contribution in [2.24, 2.45) is 5.14 Å². The van der Waals surface area contributed by atoms with Gasteiger partial charge in [-0.1, -0.05) is 0 Å². The molecule has 0 amide bonds. The lowest BCUT2D eigenvalue weighted by Crippen LogP contribution is -2.26. The molecule has 9 aromatic rings. The van der Waals surface area contributed by atoms with Crippen molar-refractivity contribution in [3.63, 3.8) is 0 Å². The zero-order chi connectivity index (χ0) is 57.2. The van der Waals surface area contributed by atoms with E-state index in [0.717, 1.165) is 46.0 Å². The Hall–Kier alpha value is -8.44. The lowest BCUT2D eigenvalue weighted by molar-refractivity contribution is 0.0533. The van der Waals surface area contributed by atoms with Crippen LogP contribution in [0.15, 0.2) is 128 Å². The molecule has 78 heavy (non-hydrogen) atoms. The van der Waals surface area contributed by atoms with Gasteiger partial charge in [0.2, 0.25) is 64.9 Å². The Morgan fingerprint density at radius 2 is 0.936 bits per heavy atom. The summed E-state index contributed by atoms with van der Waals surface area (Å²) in [5, 5.41) is 7.07. The molecule has 25 nitrogen and oxygen atoms in total. The number of fused-ring (bicyclic) bond motifs is 3. The van der Waals surface area contributed by atoms with E-state index in [0.29, 0.717) is 28.6 Å². The first kappa shape index (κ1) is 58.8. The van der Waals surface area contributed by atoms with Crippen molar-refractivity contribution < 1.29 is 58.5 Å². The fourth-order valence-corrected chi connectivity index (χ4v) is 7.37. The number of rotatable bonds is 10. The number of nitrogens with two attached hydrogens (primary N) is 1. The maximum atomic E-state index is 12.3. The van der Waals surface area contributed by atoms with Crippen molar-refractivity contribution in [1.82, 2.24) is 44.0 Å². The van der Waals surface area contributed by atoms with Crippen molar-refractivity contribution in [3.05, 3.63) is 133 Å². The molecule has 0 aliphatic carbocycles. The summed E-state index contributed by atoms with van der Waals surface area (Å²) in [5.41, 5.74) is 1.26. The first-order valence-corrected chi connectivity index (χ1v) is 28.8. The minimum Gasteiger partial charge on any atom is -0.443 e. The van der Waals surface area contributed by atoms with Crippen LogP contribution in [0.1, 0.15) is 41.5 Å². The maximum Gasteiger partial charge on any atom is 0.418 e. The SMILES string of the molecule is CC(C)(C)OC(=O)n1ccc2cc(Oc3ccnc(Cl)n3)ccc21.CC(C)(C)OC(=O)n1ccc2cc(Oc3ccnc(NS(C)(=O)=O)n3)ccc21.CS(=O)(=O)Nc1nccc(Oc2ccc3[nH]ccc3c2)n1.CS(N)(=O)=O. The van der Waals surface area contributed by atoms with Crippen LogP contribution in [-0.4, -0.2) is 111 Å². The smallest absolute Gasteiger partial charge is 0.418 e. The molecule has 0 radical (unpaired) electrons. The van der Waals surface area contributed by atoms with Gasteiger partial charge in [-0.15, -0.1) is 0 Å². The van der Waals surface area contributed by atoms with Crippen molar-refractivity contribution in [2.45, 2.75) is 52.7 Å². The number of aromatic amines is 1. The molecule has 0 saturated heterocycles. The summed E-state index contributed by atoms with van der Waals surface area (Å²) in [4.78, 5) is 51.0. The molecule has 0 fully saturated rings. The van der Waals surface area contributed by atoms with E-state index >= 15 is 0 Å². The molecule has 0 atom stereocenters. The highest BCUT2D eigenvalue weighted by atomic mass is 35.5. The fraction of sp³-hybridized carbons (Fsp3) is 0.224. The molecule has 29 heteroatoms. The topological polar surface area (TPSA) is 336 Å². The Morgan fingerprint density at radius 1 is 0.551 bits per heavy atom. The Balaban J connectivity index is 0.000000183. The molecule has 0 aliphatic rings. The summed E-state index contributed by atoms with van der Waals surface area (Å²) in [6.07, 6.45) is 11.5. The molecule has 0 bridgehead atoms. The van der Waals surface area contributed by atoms with Crippen LogP contribution >= 0.6 is 11.6 Å². The van der Waals surface area contributed by atoms with Crippen LogP contribution in [0.2, 0.25) is 5.28 Å². The monoisotopic (exact) mass is 1150 g/mol.